The van der Waals surface area contributed by atoms with Gasteiger partial charge in [-0.05, 0) is 66.2 Å². The van der Waals surface area contributed by atoms with Crippen LogP contribution in [-0.4, -0.2) is 49.8 Å². The minimum absolute atomic E-state index is 0.0350. The number of amides is 1. The summed E-state index contributed by atoms with van der Waals surface area (Å²) in [5, 5.41) is 12.0. The van der Waals surface area contributed by atoms with E-state index in [4.69, 9.17) is 19.6 Å². The first-order chi connectivity index (χ1) is 20.8. The number of anilines is 1. The Morgan fingerprint density at radius 2 is 1.58 bits per heavy atom. The number of aliphatic hydroxyl groups excluding tert-OH is 1. The summed E-state index contributed by atoms with van der Waals surface area (Å²) < 4.78 is 39.8. The summed E-state index contributed by atoms with van der Waals surface area (Å²) in [7, 11) is -3.75. The van der Waals surface area contributed by atoms with Crippen LogP contribution in [0, 0.1) is 0 Å². The van der Waals surface area contributed by atoms with Crippen LogP contribution in [0.1, 0.15) is 30.1 Å². The molecule has 0 unspecified atom stereocenters. The first-order valence-electron chi connectivity index (χ1n) is 13.8. The summed E-state index contributed by atoms with van der Waals surface area (Å²) in [5.74, 6) is 0.0237. The number of halogens is 1. The first kappa shape index (κ1) is 30.5. The molecular formula is C33H31BrN2O6S. The molecule has 0 bridgehead atoms. The topological polar surface area (TPSA) is 114 Å². The molecule has 0 aliphatic carbocycles. The molecule has 1 aliphatic heterocycles. The van der Waals surface area contributed by atoms with Gasteiger partial charge < -0.3 is 19.9 Å². The average molecular weight is 664 g/mol. The molecule has 0 fully saturated rings. The standard InChI is InChI=1S/C33H31BrN2O6S/c34-26-16-12-24(13-17-26)30-33(32(38)35-27-8-3-1-4-9-27,20-23-43(39,40)29-10-5-2-6-11-29)36-31(42-30)25-14-18-28(19-15-25)41-22-7-21-37/h1-6,8-19,30,37H,7,20-23H2,(H,35,38)/t30-,33-/m1/s1. The van der Waals surface area contributed by atoms with E-state index in [1.54, 1.807) is 78.9 Å². The van der Waals surface area contributed by atoms with Crippen molar-refractivity contribution in [3.05, 3.63) is 125 Å². The zero-order chi connectivity index (χ0) is 30.3. The van der Waals surface area contributed by atoms with Crippen molar-refractivity contribution in [1.82, 2.24) is 0 Å². The van der Waals surface area contributed by atoms with E-state index in [0.717, 1.165) is 4.47 Å². The third kappa shape index (κ3) is 7.15. The second-order valence-electron chi connectivity index (χ2n) is 10.0. The molecule has 5 rings (SSSR count). The fourth-order valence-corrected chi connectivity index (χ4v) is 6.46. The molecule has 0 saturated carbocycles. The van der Waals surface area contributed by atoms with Gasteiger partial charge in [-0.1, -0.05) is 64.5 Å². The highest BCUT2D eigenvalue weighted by atomic mass is 79.9. The van der Waals surface area contributed by atoms with Crippen LogP contribution >= 0.6 is 15.9 Å². The number of hydrogen-bond acceptors (Lipinski definition) is 7. The number of para-hydroxylation sites is 1. The number of carbonyl (C=O) groups excluding carboxylic acids is 1. The average Bonchev–Trinajstić information content (AvgIpc) is 3.43. The number of rotatable bonds is 12. The molecule has 0 saturated heterocycles. The van der Waals surface area contributed by atoms with Crippen molar-refractivity contribution in [3.63, 3.8) is 0 Å². The second kappa shape index (κ2) is 13.5. The number of nitrogens with zero attached hydrogens (tertiary/aromatic N) is 1. The van der Waals surface area contributed by atoms with E-state index < -0.39 is 27.4 Å². The molecule has 8 nitrogen and oxygen atoms in total. The summed E-state index contributed by atoms with van der Waals surface area (Å²) >= 11 is 3.46. The van der Waals surface area contributed by atoms with E-state index in [-0.39, 0.29) is 29.6 Å². The van der Waals surface area contributed by atoms with Crippen LogP contribution in [0.2, 0.25) is 0 Å². The molecule has 4 aromatic carbocycles. The fourth-order valence-electron chi connectivity index (χ4n) is 4.80. The largest absolute Gasteiger partial charge is 0.494 e. The predicted octanol–water partition coefficient (Wildman–Crippen LogP) is 5.97. The normalized spacial score (nSPS) is 18.0. The molecule has 4 aromatic rings. The van der Waals surface area contributed by atoms with E-state index in [0.29, 0.717) is 35.6 Å². The van der Waals surface area contributed by atoms with Gasteiger partial charge in [0.2, 0.25) is 5.90 Å². The Morgan fingerprint density at radius 3 is 2.23 bits per heavy atom. The smallest absolute Gasteiger partial charge is 0.256 e. The molecule has 0 aromatic heterocycles. The highest BCUT2D eigenvalue weighted by molar-refractivity contribution is 9.10. The van der Waals surface area contributed by atoms with Gasteiger partial charge in [0.15, 0.2) is 21.5 Å². The first-order valence-corrected chi connectivity index (χ1v) is 16.3. The van der Waals surface area contributed by atoms with Crippen LogP contribution in [0.3, 0.4) is 0 Å². The van der Waals surface area contributed by atoms with Crippen molar-refractivity contribution in [2.75, 3.05) is 24.3 Å². The van der Waals surface area contributed by atoms with Crippen LogP contribution in [0.25, 0.3) is 0 Å². The zero-order valence-corrected chi connectivity index (χ0v) is 25.6. The second-order valence-corrected chi connectivity index (χ2v) is 13.1. The molecule has 2 N–H and O–H groups in total. The Kier molecular flexibility index (Phi) is 9.59. The van der Waals surface area contributed by atoms with Gasteiger partial charge in [0.1, 0.15) is 5.75 Å². The van der Waals surface area contributed by atoms with E-state index >= 15 is 0 Å². The molecule has 1 aliphatic rings. The van der Waals surface area contributed by atoms with Crippen molar-refractivity contribution in [2.45, 2.75) is 29.4 Å². The van der Waals surface area contributed by atoms with Gasteiger partial charge in [0, 0.05) is 35.2 Å². The fraction of sp³-hybridized carbons (Fsp3) is 0.212. The summed E-state index contributed by atoms with van der Waals surface area (Å²) in [5.41, 5.74) is 0.223. The third-order valence-corrected chi connectivity index (χ3v) is 9.35. The van der Waals surface area contributed by atoms with Gasteiger partial charge in [0.05, 0.1) is 17.3 Å². The van der Waals surface area contributed by atoms with Crippen LogP contribution < -0.4 is 10.1 Å². The Labute approximate surface area is 259 Å². The minimum Gasteiger partial charge on any atom is -0.494 e. The van der Waals surface area contributed by atoms with Crippen molar-refractivity contribution in [2.24, 2.45) is 4.99 Å². The Balaban J connectivity index is 1.57. The number of carbonyl (C=O) groups is 1. The molecule has 1 heterocycles. The van der Waals surface area contributed by atoms with E-state index in [2.05, 4.69) is 21.2 Å². The Bertz CT molecular complexity index is 1660. The number of aliphatic hydroxyl groups is 1. The third-order valence-electron chi connectivity index (χ3n) is 7.09. The Morgan fingerprint density at radius 1 is 0.930 bits per heavy atom. The monoisotopic (exact) mass is 662 g/mol. The van der Waals surface area contributed by atoms with E-state index in [1.165, 1.54) is 0 Å². The number of benzene rings is 4. The molecule has 0 radical (unpaired) electrons. The summed E-state index contributed by atoms with van der Waals surface area (Å²) in [6.07, 6.45) is -0.530. The minimum atomic E-state index is -3.75. The lowest BCUT2D eigenvalue weighted by molar-refractivity contribution is -0.123. The lowest BCUT2D eigenvalue weighted by Crippen LogP contribution is -2.46. The number of sulfone groups is 1. The summed E-state index contributed by atoms with van der Waals surface area (Å²) in [6.45, 7) is 0.408. The van der Waals surface area contributed by atoms with Gasteiger partial charge in [-0.25, -0.2) is 13.4 Å². The van der Waals surface area contributed by atoms with Crippen LogP contribution in [0.15, 0.2) is 124 Å². The van der Waals surface area contributed by atoms with Crippen molar-refractivity contribution in [1.29, 1.82) is 0 Å². The van der Waals surface area contributed by atoms with Gasteiger partial charge in [-0.2, -0.15) is 0 Å². The van der Waals surface area contributed by atoms with Gasteiger partial charge >= 0.3 is 0 Å². The van der Waals surface area contributed by atoms with Gasteiger partial charge in [0.25, 0.3) is 5.91 Å². The maximum Gasteiger partial charge on any atom is 0.256 e. The lowest BCUT2D eigenvalue weighted by atomic mass is 9.85. The predicted molar refractivity (Wildman–Crippen MR) is 169 cm³/mol. The van der Waals surface area contributed by atoms with Gasteiger partial charge in [-0.15, -0.1) is 0 Å². The SMILES string of the molecule is O=C(Nc1ccccc1)[C@]1(CCS(=O)(=O)c2ccccc2)N=C(c2ccc(OCCCO)cc2)O[C@@H]1c1ccc(Br)cc1. The number of nitrogens with one attached hydrogen (secondary N) is 1. The molecule has 222 valence electrons. The maximum absolute atomic E-state index is 14.3. The quantitative estimate of drug-likeness (QED) is 0.181. The summed E-state index contributed by atoms with van der Waals surface area (Å²) in [4.78, 5) is 19.4. The van der Waals surface area contributed by atoms with Gasteiger partial charge in [-0.3, -0.25) is 4.79 Å². The number of aliphatic imine (C=N–C) groups is 1. The molecule has 1 amide bonds. The van der Waals surface area contributed by atoms with Crippen LogP contribution in [0.5, 0.6) is 5.75 Å². The molecular weight excluding hydrogens is 632 g/mol. The molecule has 2 atom stereocenters. The number of hydrogen-bond donors (Lipinski definition) is 2. The molecule has 0 spiro atoms. The van der Waals surface area contributed by atoms with Crippen molar-refractivity contribution < 1.29 is 27.8 Å². The van der Waals surface area contributed by atoms with Crippen LogP contribution in [0.4, 0.5) is 5.69 Å². The highest BCUT2D eigenvalue weighted by Gasteiger charge is 2.53. The maximum atomic E-state index is 14.3. The molecule has 10 heteroatoms. The van der Waals surface area contributed by atoms with Crippen LogP contribution in [-0.2, 0) is 19.4 Å². The molecule has 43 heavy (non-hydrogen) atoms. The zero-order valence-electron chi connectivity index (χ0n) is 23.2. The summed E-state index contributed by atoms with van der Waals surface area (Å²) in [6, 6.07) is 31.6. The van der Waals surface area contributed by atoms with Crippen molar-refractivity contribution in [3.8, 4) is 5.75 Å². The van der Waals surface area contributed by atoms with E-state index in [9.17, 15) is 13.2 Å². The van der Waals surface area contributed by atoms with E-state index in [1.807, 2.05) is 30.3 Å². The Hall–Kier alpha value is -3.99. The highest BCUT2D eigenvalue weighted by Crippen LogP contribution is 2.44. The number of ether oxygens (including phenoxy) is 2. The van der Waals surface area contributed by atoms with Crippen molar-refractivity contribution >= 4 is 43.3 Å². The lowest BCUT2D eigenvalue weighted by Gasteiger charge is -2.30.